The lowest BCUT2D eigenvalue weighted by Crippen LogP contribution is -2.47. The highest BCUT2D eigenvalue weighted by atomic mass is 16.5. The quantitative estimate of drug-likeness (QED) is 0.831. The Labute approximate surface area is 114 Å². The van der Waals surface area contributed by atoms with E-state index in [4.69, 9.17) is 4.74 Å². The first-order valence-corrected chi connectivity index (χ1v) is 6.74. The van der Waals surface area contributed by atoms with E-state index in [-0.39, 0.29) is 5.91 Å². The van der Waals surface area contributed by atoms with E-state index in [1.54, 1.807) is 6.08 Å². The van der Waals surface area contributed by atoms with Gasteiger partial charge in [-0.1, -0.05) is 30.9 Å². The number of para-hydroxylation sites is 1. The molecule has 0 bridgehead atoms. The molecule has 19 heavy (non-hydrogen) atoms. The standard InChI is InChI=1S/C16H21NO2/c1-4-13-9-5-6-10-14(13)19-16(2,3)15(18)17-11-7-8-12-17/h4-6,9-10H,1,7-8,11-12H2,2-3H3. The Morgan fingerprint density at radius 1 is 1.32 bits per heavy atom. The lowest BCUT2D eigenvalue weighted by Gasteiger charge is -2.30. The summed E-state index contributed by atoms with van der Waals surface area (Å²) in [4.78, 5) is 14.3. The molecule has 1 heterocycles. The fourth-order valence-electron chi connectivity index (χ4n) is 2.36. The molecular weight excluding hydrogens is 238 g/mol. The minimum absolute atomic E-state index is 0.0591. The Kier molecular flexibility index (Phi) is 3.93. The Bertz CT molecular complexity index is 473. The van der Waals surface area contributed by atoms with Crippen molar-refractivity contribution in [2.45, 2.75) is 32.3 Å². The van der Waals surface area contributed by atoms with E-state index in [9.17, 15) is 4.79 Å². The largest absolute Gasteiger partial charge is 0.477 e. The summed E-state index contributed by atoms with van der Waals surface area (Å²) in [6.07, 6.45) is 3.92. The van der Waals surface area contributed by atoms with Crippen LogP contribution in [-0.2, 0) is 4.79 Å². The second-order valence-electron chi connectivity index (χ2n) is 5.35. The fraction of sp³-hybridized carbons (Fsp3) is 0.438. The maximum atomic E-state index is 12.4. The molecule has 1 amide bonds. The van der Waals surface area contributed by atoms with Gasteiger partial charge in [-0.3, -0.25) is 4.79 Å². The molecule has 0 N–H and O–H groups in total. The summed E-state index contributed by atoms with van der Waals surface area (Å²) >= 11 is 0. The molecule has 0 atom stereocenters. The molecule has 102 valence electrons. The zero-order valence-corrected chi connectivity index (χ0v) is 11.7. The Balaban J connectivity index is 2.15. The molecule has 0 radical (unpaired) electrons. The van der Waals surface area contributed by atoms with Crippen molar-refractivity contribution in [3.05, 3.63) is 36.4 Å². The molecule has 0 aromatic heterocycles. The SMILES string of the molecule is C=Cc1ccccc1OC(C)(C)C(=O)N1CCCC1. The molecule has 1 saturated heterocycles. The van der Waals surface area contributed by atoms with E-state index in [2.05, 4.69) is 6.58 Å². The van der Waals surface area contributed by atoms with Crippen molar-refractivity contribution in [2.75, 3.05) is 13.1 Å². The van der Waals surface area contributed by atoms with Gasteiger partial charge in [-0.25, -0.2) is 0 Å². The monoisotopic (exact) mass is 259 g/mol. The van der Waals surface area contributed by atoms with Gasteiger partial charge in [0.05, 0.1) is 0 Å². The van der Waals surface area contributed by atoms with Crippen molar-refractivity contribution < 1.29 is 9.53 Å². The van der Waals surface area contributed by atoms with Crippen LogP contribution in [0.5, 0.6) is 5.75 Å². The van der Waals surface area contributed by atoms with E-state index in [0.717, 1.165) is 31.5 Å². The van der Waals surface area contributed by atoms with E-state index < -0.39 is 5.60 Å². The van der Waals surface area contributed by atoms with Crippen LogP contribution >= 0.6 is 0 Å². The molecule has 0 unspecified atom stereocenters. The normalized spacial score (nSPS) is 15.4. The third kappa shape index (κ3) is 2.98. The smallest absolute Gasteiger partial charge is 0.266 e. The molecule has 0 saturated carbocycles. The summed E-state index contributed by atoms with van der Waals surface area (Å²) in [7, 11) is 0. The molecule has 0 spiro atoms. The van der Waals surface area contributed by atoms with Crippen molar-refractivity contribution in [2.24, 2.45) is 0 Å². The lowest BCUT2D eigenvalue weighted by atomic mass is 10.1. The van der Waals surface area contributed by atoms with Crippen LogP contribution in [0, 0.1) is 0 Å². The average Bonchev–Trinajstić information content (AvgIpc) is 2.91. The Morgan fingerprint density at radius 2 is 1.95 bits per heavy atom. The second-order valence-corrected chi connectivity index (χ2v) is 5.35. The molecule has 1 aromatic rings. The first-order chi connectivity index (χ1) is 9.04. The number of nitrogens with zero attached hydrogens (tertiary/aromatic N) is 1. The van der Waals surface area contributed by atoms with Crippen molar-refractivity contribution in [3.8, 4) is 5.75 Å². The van der Waals surface area contributed by atoms with Gasteiger partial charge in [-0.05, 0) is 32.8 Å². The van der Waals surface area contributed by atoms with Crippen LogP contribution in [0.2, 0.25) is 0 Å². The Hall–Kier alpha value is -1.77. The number of amides is 1. The van der Waals surface area contributed by atoms with Crippen LogP contribution in [0.15, 0.2) is 30.8 Å². The number of hydrogen-bond donors (Lipinski definition) is 0. The number of ether oxygens (including phenoxy) is 1. The number of hydrogen-bond acceptors (Lipinski definition) is 2. The summed E-state index contributed by atoms with van der Waals surface area (Å²) in [6, 6.07) is 7.63. The highest BCUT2D eigenvalue weighted by molar-refractivity contribution is 5.85. The number of rotatable bonds is 4. The third-order valence-electron chi connectivity index (χ3n) is 3.41. The van der Waals surface area contributed by atoms with Crippen molar-refractivity contribution in [1.29, 1.82) is 0 Å². The summed E-state index contributed by atoms with van der Waals surface area (Å²) in [5.41, 5.74) is 0.0634. The summed E-state index contributed by atoms with van der Waals surface area (Å²) in [6.45, 7) is 9.11. The molecule has 1 aliphatic heterocycles. The topological polar surface area (TPSA) is 29.5 Å². The zero-order chi connectivity index (χ0) is 13.9. The molecular formula is C16H21NO2. The summed E-state index contributed by atoms with van der Waals surface area (Å²) in [5, 5.41) is 0. The Morgan fingerprint density at radius 3 is 2.58 bits per heavy atom. The van der Waals surface area contributed by atoms with Gasteiger partial charge in [0.15, 0.2) is 5.60 Å². The van der Waals surface area contributed by atoms with Gasteiger partial charge in [-0.15, -0.1) is 0 Å². The van der Waals surface area contributed by atoms with Crippen molar-refractivity contribution in [3.63, 3.8) is 0 Å². The molecule has 3 heteroatoms. The number of carbonyl (C=O) groups excluding carboxylic acids is 1. The molecule has 1 aliphatic rings. The number of benzene rings is 1. The maximum Gasteiger partial charge on any atom is 0.266 e. The van der Waals surface area contributed by atoms with E-state index in [0.29, 0.717) is 5.75 Å². The first-order valence-electron chi connectivity index (χ1n) is 6.74. The van der Waals surface area contributed by atoms with Crippen LogP contribution in [-0.4, -0.2) is 29.5 Å². The highest BCUT2D eigenvalue weighted by Gasteiger charge is 2.35. The van der Waals surface area contributed by atoms with Gasteiger partial charge in [0.2, 0.25) is 0 Å². The van der Waals surface area contributed by atoms with Gasteiger partial charge in [-0.2, -0.15) is 0 Å². The van der Waals surface area contributed by atoms with Crippen LogP contribution in [0.3, 0.4) is 0 Å². The van der Waals surface area contributed by atoms with Gasteiger partial charge in [0, 0.05) is 18.7 Å². The summed E-state index contributed by atoms with van der Waals surface area (Å²) < 4.78 is 5.94. The fourth-order valence-corrected chi connectivity index (χ4v) is 2.36. The number of carbonyl (C=O) groups is 1. The van der Waals surface area contributed by atoms with Gasteiger partial charge < -0.3 is 9.64 Å². The predicted octanol–water partition coefficient (Wildman–Crippen LogP) is 3.11. The minimum atomic E-state index is -0.844. The molecule has 2 rings (SSSR count). The van der Waals surface area contributed by atoms with Crippen LogP contribution < -0.4 is 4.74 Å². The summed E-state index contributed by atoms with van der Waals surface area (Å²) in [5.74, 6) is 0.763. The van der Waals surface area contributed by atoms with Gasteiger partial charge in [0.25, 0.3) is 5.91 Å². The molecule has 1 aromatic carbocycles. The second kappa shape index (κ2) is 5.47. The molecule has 0 aliphatic carbocycles. The van der Waals surface area contributed by atoms with E-state index >= 15 is 0 Å². The number of likely N-dealkylation sites (tertiary alicyclic amines) is 1. The van der Waals surface area contributed by atoms with Gasteiger partial charge >= 0.3 is 0 Å². The third-order valence-corrected chi connectivity index (χ3v) is 3.41. The van der Waals surface area contributed by atoms with E-state index in [1.807, 2.05) is 43.0 Å². The van der Waals surface area contributed by atoms with E-state index in [1.165, 1.54) is 0 Å². The first kappa shape index (κ1) is 13.7. The molecule has 1 fully saturated rings. The highest BCUT2D eigenvalue weighted by Crippen LogP contribution is 2.26. The van der Waals surface area contributed by atoms with Gasteiger partial charge in [0.1, 0.15) is 5.75 Å². The van der Waals surface area contributed by atoms with Crippen molar-refractivity contribution in [1.82, 2.24) is 4.90 Å². The zero-order valence-electron chi connectivity index (χ0n) is 11.7. The van der Waals surface area contributed by atoms with Crippen LogP contribution in [0.4, 0.5) is 0 Å². The van der Waals surface area contributed by atoms with Crippen LogP contribution in [0.25, 0.3) is 6.08 Å². The maximum absolute atomic E-state index is 12.4. The van der Waals surface area contributed by atoms with Crippen molar-refractivity contribution >= 4 is 12.0 Å². The molecule has 3 nitrogen and oxygen atoms in total. The minimum Gasteiger partial charge on any atom is -0.477 e. The lowest BCUT2D eigenvalue weighted by molar-refractivity contribution is -0.144. The predicted molar refractivity (Wildman–Crippen MR) is 77.1 cm³/mol. The van der Waals surface area contributed by atoms with Crippen LogP contribution in [0.1, 0.15) is 32.3 Å². The average molecular weight is 259 g/mol.